The summed E-state index contributed by atoms with van der Waals surface area (Å²) in [6.07, 6.45) is 0. The molecule has 0 fully saturated rings. The monoisotopic (exact) mass is 385 g/mol. The van der Waals surface area contributed by atoms with Gasteiger partial charge in [-0.25, -0.2) is 13.1 Å². The van der Waals surface area contributed by atoms with Crippen LogP contribution in [0.1, 0.15) is 5.89 Å². The van der Waals surface area contributed by atoms with Crippen LogP contribution in [0.3, 0.4) is 0 Å². The molecular formula is C14H12ClN3O4S2. The van der Waals surface area contributed by atoms with Crippen LogP contribution in [0.15, 0.2) is 45.0 Å². The van der Waals surface area contributed by atoms with Gasteiger partial charge in [-0.1, -0.05) is 17.7 Å². The van der Waals surface area contributed by atoms with E-state index < -0.39 is 10.0 Å². The van der Waals surface area contributed by atoms with Crippen molar-refractivity contribution < 1.29 is 17.6 Å². The largest absolute Gasteiger partial charge is 0.497 e. The van der Waals surface area contributed by atoms with Crippen molar-refractivity contribution in [3.05, 3.63) is 46.6 Å². The van der Waals surface area contributed by atoms with E-state index in [1.54, 1.807) is 31.4 Å². The van der Waals surface area contributed by atoms with Gasteiger partial charge in [-0.3, -0.25) is 0 Å². The van der Waals surface area contributed by atoms with Crippen LogP contribution in [-0.2, 0) is 16.6 Å². The maximum absolute atomic E-state index is 12.1. The minimum absolute atomic E-state index is 0.116. The molecule has 10 heteroatoms. The lowest BCUT2D eigenvalue weighted by Gasteiger charge is -2.01. The summed E-state index contributed by atoms with van der Waals surface area (Å²) >= 11 is 6.73. The van der Waals surface area contributed by atoms with Gasteiger partial charge in [0.1, 0.15) is 9.96 Å². The molecule has 0 aliphatic rings. The molecule has 3 aromatic rings. The summed E-state index contributed by atoms with van der Waals surface area (Å²) in [4.78, 5) is 0. The SMILES string of the molecule is COc1cccc(-c2nnc(CNS(=O)(=O)c3ccc(Cl)s3)o2)c1. The van der Waals surface area contributed by atoms with Crippen LogP contribution < -0.4 is 9.46 Å². The van der Waals surface area contributed by atoms with E-state index in [-0.39, 0.29) is 22.5 Å². The zero-order valence-electron chi connectivity index (χ0n) is 12.4. The molecule has 0 amide bonds. The second-order valence-corrected chi connectivity index (χ2v) is 8.32. The Labute approximate surface area is 147 Å². The fourth-order valence-corrected chi connectivity index (χ4v) is 4.37. The number of sulfonamides is 1. The summed E-state index contributed by atoms with van der Waals surface area (Å²) < 4.78 is 37.8. The van der Waals surface area contributed by atoms with Gasteiger partial charge in [0.2, 0.25) is 11.8 Å². The van der Waals surface area contributed by atoms with Gasteiger partial charge in [-0.2, -0.15) is 0 Å². The summed E-state index contributed by atoms with van der Waals surface area (Å²) in [5, 5.41) is 7.76. The smallest absolute Gasteiger partial charge is 0.250 e. The van der Waals surface area contributed by atoms with Crippen LogP contribution in [0.2, 0.25) is 4.34 Å². The Morgan fingerprint density at radius 1 is 1.29 bits per heavy atom. The topological polar surface area (TPSA) is 94.3 Å². The van der Waals surface area contributed by atoms with Crippen LogP contribution in [0.4, 0.5) is 0 Å². The molecule has 0 aliphatic carbocycles. The zero-order chi connectivity index (χ0) is 17.2. The van der Waals surface area contributed by atoms with E-state index in [4.69, 9.17) is 20.8 Å². The molecular weight excluding hydrogens is 374 g/mol. The quantitative estimate of drug-likeness (QED) is 0.701. The number of nitrogens with zero attached hydrogens (tertiary/aromatic N) is 2. The normalized spacial score (nSPS) is 11.6. The average molecular weight is 386 g/mol. The number of hydrogen-bond donors (Lipinski definition) is 1. The van der Waals surface area contributed by atoms with Gasteiger partial charge in [-0.15, -0.1) is 21.5 Å². The lowest BCUT2D eigenvalue weighted by Crippen LogP contribution is -2.22. The molecule has 126 valence electrons. The first kappa shape index (κ1) is 16.9. The molecule has 1 aromatic carbocycles. The van der Waals surface area contributed by atoms with E-state index in [0.29, 0.717) is 15.6 Å². The second-order valence-electron chi connectivity index (χ2n) is 4.62. The Hall–Kier alpha value is -1.94. The van der Waals surface area contributed by atoms with E-state index in [1.807, 2.05) is 0 Å². The first-order chi connectivity index (χ1) is 11.5. The molecule has 3 rings (SSSR count). The lowest BCUT2D eigenvalue weighted by atomic mass is 10.2. The summed E-state index contributed by atoms with van der Waals surface area (Å²) in [6.45, 7) is -0.116. The van der Waals surface area contributed by atoms with Crippen molar-refractivity contribution in [2.45, 2.75) is 10.8 Å². The summed E-state index contributed by atoms with van der Waals surface area (Å²) in [6, 6.07) is 10.1. The minimum Gasteiger partial charge on any atom is -0.497 e. The fourth-order valence-electron chi connectivity index (χ4n) is 1.87. The number of nitrogens with one attached hydrogen (secondary N) is 1. The van der Waals surface area contributed by atoms with Crippen molar-refractivity contribution in [3.8, 4) is 17.2 Å². The number of methoxy groups -OCH3 is 1. The fraction of sp³-hybridized carbons (Fsp3) is 0.143. The average Bonchev–Trinajstić information content (AvgIpc) is 3.22. The van der Waals surface area contributed by atoms with Crippen molar-refractivity contribution in [2.24, 2.45) is 0 Å². The molecule has 24 heavy (non-hydrogen) atoms. The van der Waals surface area contributed by atoms with E-state index in [1.165, 1.54) is 12.1 Å². The Kier molecular flexibility index (Phi) is 4.86. The maximum Gasteiger partial charge on any atom is 0.250 e. The van der Waals surface area contributed by atoms with Gasteiger partial charge >= 0.3 is 0 Å². The van der Waals surface area contributed by atoms with Crippen molar-refractivity contribution in [2.75, 3.05) is 7.11 Å². The van der Waals surface area contributed by atoms with Crippen molar-refractivity contribution in [3.63, 3.8) is 0 Å². The molecule has 0 aliphatic heterocycles. The van der Waals surface area contributed by atoms with Crippen LogP contribution in [-0.4, -0.2) is 25.7 Å². The number of benzene rings is 1. The number of thiophene rings is 1. The summed E-state index contributed by atoms with van der Waals surface area (Å²) in [7, 11) is -2.11. The highest BCUT2D eigenvalue weighted by Crippen LogP contribution is 2.26. The predicted octanol–water partition coefficient (Wildman–Crippen LogP) is 2.94. The van der Waals surface area contributed by atoms with Gasteiger partial charge in [-0.05, 0) is 30.3 Å². The minimum atomic E-state index is -3.67. The molecule has 0 bridgehead atoms. The number of halogens is 1. The van der Waals surface area contributed by atoms with Crippen molar-refractivity contribution >= 4 is 33.0 Å². The Morgan fingerprint density at radius 3 is 2.83 bits per heavy atom. The highest BCUT2D eigenvalue weighted by molar-refractivity contribution is 7.91. The third-order valence-corrected chi connectivity index (χ3v) is 6.13. The maximum atomic E-state index is 12.1. The number of ether oxygens (including phenoxy) is 1. The Bertz CT molecular complexity index is 952. The highest BCUT2D eigenvalue weighted by atomic mass is 35.5. The highest BCUT2D eigenvalue weighted by Gasteiger charge is 2.18. The number of aromatic nitrogens is 2. The first-order valence-electron chi connectivity index (χ1n) is 6.70. The second kappa shape index (κ2) is 6.89. The standard InChI is InChI=1S/C14H12ClN3O4S2/c1-21-10-4-2-3-9(7-10)14-18-17-12(22-14)8-16-24(19,20)13-6-5-11(15)23-13/h2-7,16H,8H2,1H3. The molecule has 0 unspecified atom stereocenters. The number of hydrogen-bond acceptors (Lipinski definition) is 7. The third kappa shape index (κ3) is 3.75. The van der Waals surface area contributed by atoms with Crippen LogP contribution >= 0.6 is 22.9 Å². The molecule has 7 nitrogen and oxygen atoms in total. The van der Waals surface area contributed by atoms with E-state index in [9.17, 15) is 8.42 Å². The van der Waals surface area contributed by atoms with Crippen LogP contribution in [0.25, 0.3) is 11.5 Å². The van der Waals surface area contributed by atoms with Crippen molar-refractivity contribution in [1.82, 2.24) is 14.9 Å². The van der Waals surface area contributed by atoms with Gasteiger partial charge in [0.05, 0.1) is 18.0 Å². The summed E-state index contributed by atoms with van der Waals surface area (Å²) in [5.74, 6) is 1.09. The predicted molar refractivity (Wildman–Crippen MR) is 89.6 cm³/mol. The molecule has 0 spiro atoms. The third-order valence-electron chi connectivity index (χ3n) is 3.01. The van der Waals surface area contributed by atoms with E-state index in [0.717, 1.165) is 11.3 Å². The molecule has 2 heterocycles. The Morgan fingerprint density at radius 2 is 2.12 bits per heavy atom. The zero-order valence-corrected chi connectivity index (χ0v) is 14.8. The molecule has 0 radical (unpaired) electrons. The van der Waals surface area contributed by atoms with Gasteiger partial charge in [0, 0.05) is 5.56 Å². The molecule has 2 aromatic heterocycles. The molecule has 0 atom stereocenters. The van der Waals surface area contributed by atoms with Gasteiger partial charge in [0.25, 0.3) is 10.0 Å². The van der Waals surface area contributed by atoms with E-state index >= 15 is 0 Å². The van der Waals surface area contributed by atoms with Gasteiger partial charge in [0.15, 0.2) is 0 Å². The van der Waals surface area contributed by atoms with E-state index in [2.05, 4.69) is 14.9 Å². The van der Waals surface area contributed by atoms with Gasteiger partial charge < -0.3 is 9.15 Å². The molecule has 0 saturated heterocycles. The first-order valence-corrected chi connectivity index (χ1v) is 9.37. The van der Waals surface area contributed by atoms with Crippen LogP contribution in [0, 0.1) is 0 Å². The summed E-state index contributed by atoms with van der Waals surface area (Å²) in [5.41, 5.74) is 0.681. The number of rotatable bonds is 6. The lowest BCUT2D eigenvalue weighted by molar-refractivity contribution is 0.414. The molecule has 1 N–H and O–H groups in total. The van der Waals surface area contributed by atoms with Crippen LogP contribution in [0.5, 0.6) is 5.75 Å². The Balaban J connectivity index is 1.72. The molecule has 0 saturated carbocycles. The van der Waals surface area contributed by atoms with Crippen molar-refractivity contribution in [1.29, 1.82) is 0 Å².